The van der Waals surface area contributed by atoms with Gasteiger partial charge in [-0.3, -0.25) is 9.52 Å². The third-order valence-electron chi connectivity index (χ3n) is 4.02. The third kappa shape index (κ3) is 4.69. The summed E-state index contributed by atoms with van der Waals surface area (Å²) in [5, 5.41) is 2.89. The minimum Gasteiger partial charge on any atom is -0.495 e. The van der Waals surface area contributed by atoms with E-state index in [1.807, 2.05) is 4.72 Å². The number of amides is 1. The molecule has 0 bridgehead atoms. The fraction of sp³-hybridized carbons (Fsp3) is 0.0500. The van der Waals surface area contributed by atoms with Crippen LogP contribution in [0.25, 0.3) is 0 Å². The minimum atomic E-state index is -4.37. The Balaban J connectivity index is 1.94. The van der Waals surface area contributed by atoms with E-state index < -0.39 is 33.3 Å². The first-order chi connectivity index (χ1) is 14.2. The molecule has 10 heteroatoms. The van der Waals surface area contributed by atoms with Crippen molar-refractivity contribution in [2.24, 2.45) is 0 Å². The highest BCUT2D eigenvalue weighted by molar-refractivity contribution is 7.92. The number of anilines is 2. The summed E-state index contributed by atoms with van der Waals surface area (Å²) < 4.78 is 60.0. The number of rotatable bonds is 6. The Morgan fingerprint density at radius 2 is 1.67 bits per heavy atom. The van der Waals surface area contributed by atoms with Crippen LogP contribution in [0.1, 0.15) is 10.4 Å². The van der Waals surface area contributed by atoms with Crippen LogP contribution in [-0.4, -0.2) is 21.4 Å². The van der Waals surface area contributed by atoms with Gasteiger partial charge in [0.1, 0.15) is 23.1 Å². The second-order valence-electron chi connectivity index (χ2n) is 6.03. The molecule has 0 aliphatic carbocycles. The zero-order valence-electron chi connectivity index (χ0n) is 15.4. The lowest BCUT2D eigenvalue weighted by molar-refractivity contribution is 0.102. The lowest BCUT2D eigenvalue weighted by Gasteiger charge is -2.14. The number of benzene rings is 3. The van der Waals surface area contributed by atoms with E-state index in [4.69, 9.17) is 16.3 Å². The predicted molar refractivity (Wildman–Crippen MR) is 110 cm³/mol. The maximum Gasteiger partial charge on any atom is 0.262 e. The number of nitrogens with one attached hydrogen (secondary N) is 2. The fourth-order valence-electron chi connectivity index (χ4n) is 2.56. The number of ether oxygens (including phenoxy) is 1. The van der Waals surface area contributed by atoms with Crippen molar-refractivity contribution in [3.05, 3.63) is 82.9 Å². The van der Waals surface area contributed by atoms with E-state index >= 15 is 0 Å². The van der Waals surface area contributed by atoms with Gasteiger partial charge in [0.25, 0.3) is 15.9 Å². The second kappa shape index (κ2) is 8.68. The molecule has 3 rings (SSSR count). The molecule has 156 valence electrons. The van der Waals surface area contributed by atoms with Crippen LogP contribution in [0.4, 0.5) is 20.2 Å². The molecule has 0 fully saturated rings. The Morgan fingerprint density at radius 3 is 2.30 bits per heavy atom. The first kappa shape index (κ1) is 21.5. The second-order valence-corrected chi connectivity index (χ2v) is 8.15. The van der Waals surface area contributed by atoms with Crippen molar-refractivity contribution in [2.75, 3.05) is 17.1 Å². The monoisotopic (exact) mass is 452 g/mol. The SMILES string of the molecule is COc1ccc(S(=O)(=O)Nc2c(F)cccc2F)cc1NC(=O)c1cccc(Cl)c1. The fourth-order valence-corrected chi connectivity index (χ4v) is 3.86. The molecule has 0 saturated carbocycles. The van der Waals surface area contributed by atoms with Crippen molar-refractivity contribution in [1.82, 2.24) is 0 Å². The van der Waals surface area contributed by atoms with Crippen molar-refractivity contribution in [2.45, 2.75) is 4.90 Å². The summed E-state index contributed by atoms with van der Waals surface area (Å²) in [4.78, 5) is 12.1. The van der Waals surface area contributed by atoms with Gasteiger partial charge in [0.05, 0.1) is 17.7 Å². The molecule has 0 spiro atoms. The van der Waals surface area contributed by atoms with Crippen molar-refractivity contribution < 1.29 is 26.7 Å². The van der Waals surface area contributed by atoms with E-state index in [-0.39, 0.29) is 21.9 Å². The Morgan fingerprint density at radius 1 is 1.00 bits per heavy atom. The van der Waals surface area contributed by atoms with Gasteiger partial charge in [-0.05, 0) is 48.5 Å². The van der Waals surface area contributed by atoms with Crippen molar-refractivity contribution >= 4 is 38.9 Å². The Bertz CT molecular complexity index is 1200. The van der Waals surface area contributed by atoms with Gasteiger partial charge in [-0.2, -0.15) is 0 Å². The smallest absolute Gasteiger partial charge is 0.262 e. The molecule has 1 amide bonds. The quantitative estimate of drug-likeness (QED) is 0.568. The van der Waals surface area contributed by atoms with Crippen LogP contribution in [0.3, 0.4) is 0 Å². The molecule has 0 radical (unpaired) electrons. The van der Waals surface area contributed by atoms with Crippen molar-refractivity contribution in [1.29, 1.82) is 0 Å². The van der Waals surface area contributed by atoms with E-state index in [0.717, 1.165) is 24.3 Å². The standard InChI is InChI=1S/C20H15ClF2N2O4S/c1-29-18-9-8-14(30(27,28)25-19-15(22)6-3-7-16(19)23)11-17(18)24-20(26)12-4-2-5-13(21)10-12/h2-11,25H,1H3,(H,24,26). The number of hydrogen-bond acceptors (Lipinski definition) is 4. The maximum atomic E-state index is 13.8. The lowest BCUT2D eigenvalue weighted by atomic mass is 10.2. The summed E-state index contributed by atoms with van der Waals surface area (Å²) in [6.45, 7) is 0. The number of halogens is 3. The van der Waals surface area contributed by atoms with Crippen molar-refractivity contribution in [3.8, 4) is 5.75 Å². The Hall–Kier alpha value is -3.17. The largest absolute Gasteiger partial charge is 0.495 e. The Labute approximate surface area is 176 Å². The molecular formula is C20H15ClF2N2O4S. The van der Waals surface area contributed by atoms with Crippen LogP contribution in [0.15, 0.2) is 65.6 Å². The van der Waals surface area contributed by atoms with Crippen LogP contribution in [0, 0.1) is 11.6 Å². The van der Waals surface area contributed by atoms with Gasteiger partial charge in [-0.1, -0.05) is 23.7 Å². The number of hydrogen-bond donors (Lipinski definition) is 2. The van der Waals surface area contributed by atoms with Crippen LogP contribution < -0.4 is 14.8 Å². The summed E-state index contributed by atoms with van der Waals surface area (Å²) in [5.41, 5.74) is -0.526. The number of sulfonamides is 1. The summed E-state index contributed by atoms with van der Waals surface area (Å²) in [6, 6.07) is 12.7. The van der Waals surface area contributed by atoms with Crippen LogP contribution >= 0.6 is 11.6 Å². The highest BCUT2D eigenvalue weighted by Gasteiger charge is 2.21. The molecule has 2 N–H and O–H groups in total. The van der Waals surface area contributed by atoms with Gasteiger partial charge < -0.3 is 10.1 Å². The van der Waals surface area contributed by atoms with Gasteiger partial charge in [-0.15, -0.1) is 0 Å². The molecule has 0 aromatic heterocycles. The van der Waals surface area contributed by atoms with Gasteiger partial charge in [0.2, 0.25) is 0 Å². The summed E-state index contributed by atoms with van der Waals surface area (Å²) in [6.07, 6.45) is 0. The average Bonchev–Trinajstić information content (AvgIpc) is 2.71. The first-order valence-electron chi connectivity index (χ1n) is 8.43. The Kier molecular flexibility index (Phi) is 6.23. The first-order valence-corrected chi connectivity index (χ1v) is 10.3. The molecule has 3 aromatic rings. The normalized spacial score (nSPS) is 11.1. The summed E-state index contributed by atoms with van der Waals surface area (Å²) in [7, 11) is -3.03. The van der Waals surface area contributed by atoms with Gasteiger partial charge in [-0.25, -0.2) is 17.2 Å². The third-order valence-corrected chi connectivity index (χ3v) is 5.60. The summed E-state index contributed by atoms with van der Waals surface area (Å²) >= 11 is 5.88. The molecule has 0 saturated heterocycles. The highest BCUT2D eigenvalue weighted by Crippen LogP contribution is 2.30. The minimum absolute atomic E-state index is 0.0411. The van der Waals surface area contributed by atoms with E-state index in [0.29, 0.717) is 5.02 Å². The van der Waals surface area contributed by atoms with Gasteiger partial charge in [0.15, 0.2) is 0 Å². The number of methoxy groups -OCH3 is 1. The van der Waals surface area contributed by atoms with Gasteiger partial charge >= 0.3 is 0 Å². The topological polar surface area (TPSA) is 84.5 Å². The van der Waals surface area contributed by atoms with E-state index in [1.54, 1.807) is 12.1 Å². The molecule has 30 heavy (non-hydrogen) atoms. The molecule has 0 heterocycles. The molecule has 0 atom stereocenters. The molecule has 0 unspecified atom stereocenters. The number of carbonyl (C=O) groups excluding carboxylic acids is 1. The lowest BCUT2D eigenvalue weighted by Crippen LogP contribution is -2.17. The van der Waals surface area contributed by atoms with Gasteiger partial charge in [0, 0.05) is 10.6 Å². The molecular weight excluding hydrogens is 438 g/mol. The van der Waals surface area contributed by atoms with Crippen LogP contribution in [-0.2, 0) is 10.0 Å². The van der Waals surface area contributed by atoms with E-state index in [1.165, 1.54) is 31.4 Å². The molecule has 0 aliphatic rings. The van der Waals surface area contributed by atoms with Crippen molar-refractivity contribution in [3.63, 3.8) is 0 Å². The molecule has 3 aromatic carbocycles. The number of carbonyl (C=O) groups is 1. The maximum absolute atomic E-state index is 13.8. The molecule has 0 aliphatic heterocycles. The average molecular weight is 453 g/mol. The predicted octanol–water partition coefficient (Wildman–Crippen LogP) is 4.68. The van der Waals surface area contributed by atoms with E-state index in [9.17, 15) is 22.0 Å². The highest BCUT2D eigenvalue weighted by atomic mass is 35.5. The van der Waals surface area contributed by atoms with E-state index in [2.05, 4.69) is 5.32 Å². The van der Waals surface area contributed by atoms with Crippen LogP contribution in [0.5, 0.6) is 5.75 Å². The summed E-state index contributed by atoms with van der Waals surface area (Å²) in [5.74, 6) is -2.51. The number of para-hydroxylation sites is 1. The zero-order chi connectivity index (χ0) is 21.9. The van der Waals surface area contributed by atoms with Crippen LogP contribution in [0.2, 0.25) is 5.02 Å². The zero-order valence-corrected chi connectivity index (χ0v) is 17.0. The molecule has 6 nitrogen and oxygen atoms in total.